The highest BCUT2D eigenvalue weighted by Gasteiger charge is 2.09. The predicted octanol–water partition coefficient (Wildman–Crippen LogP) is 3.85. The molecule has 0 saturated heterocycles. The molecule has 0 aliphatic heterocycles. The fourth-order valence-electron chi connectivity index (χ4n) is 2.00. The minimum Gasteiger partial charge on any atom is -0.300 e. The molecule has 2 aromatic carbocycles. The SMILES string of the molecule is CCN(C)[C@H](C)c1ccc2ccccc2c1. The van der Waals surface area contributed by atoms with Gasteiger partial charge in [0.25, 0.3) is 0 Å². The van der Waals surface area contributed by atoms with Gasteiger partial charge in [0, 0.05) is 6.04 Å². The van der Waals surface area contributed by atoms with Gasteiger partial charge in [-0.2, -0.15) is 0 Å². The summed E-state index contributed by atoms with van der Waals surface area (Å²) in [6, 6.07) is 15.7. The Hall–Kier alpha value is -1.34. The van der Waals surface area contributed by atoms with Gasteiger partial charge in [0.05, 0.1) is 0 Å². The van der Waals surface area contributed by atoms with Gasteiger partial charge in [-0.3, -0.25) is 4.90 Å². The summed E-state index contributed by atoms with van der Waals surface area (Å²) in [6.45, 7) is 5.53. The van der Waals surface area contributed by atoms with Crippen molar-refractivity contribution in [3.8, 4) is 0 Å². The molecule has 0 radical (unpaired) electrons. The number of rotatable bonds is 3. The fourth-order valence-corrected chi connectivity index (χ4v) is 2.00. The van der Waals surface area contributed by atoms with Crippen molar-refractivity contribution in [3.63, 3.8) is 0 Å². The molecule has 1 heteroatoms. The zero-order valence-electron chi connectivity index (χ0n) is 10.3. The van der Waals surface area contributed by atoms with Crippen molar-refractivity contribution < 1.29 is 0 Å². The van der Waals surface area contributed by atoms with Crippen LogP contribution in [0.2, 0.25) is 0 Å². The summed E-state index contributed by atoms with van der Waals surface area (Å²) in [5, 5.41) is 2.65. The zero-order chi connectivity index (χ0) is 11.5. The molecule has 0 heterocycles. The molecule has 0 unspecified atom stereocenters. The minimum atomic E-state index is 0.481. The summed E-state index contributed by atoms with van der Waals surface area (Å²) in [7, 11) is 2.17. The lowest BCUT2D eigenvalue weighted by atomic mass is 10.0. The standard InChI is InChI=1S/C15H19N/c1-4-16(3)12(2)14-10-9-13-7-5-6-8-15(13)11-14/h5-12H,4H2,1-3H3/t12-/m1/s1. The zero-order valence-corrected chi connectivity index (χ0v) is 10.3. The summed E-state index contributed by atoms with van der Waals surface area (Å²) in [5.74, 6) is 0. The Bertz CT molecular complexity index is 476. The molecule has 0 amide bonds. The van der Waals surface area contributed by atoms with Crippen molar-refractivity contribution in [2.24, 2.45) is 0 Å². The van der Waals surface area contributed by atoms with Crippen LogP contribution in [0, 0.1) is 0 Å². The van der Waals surface area contributed by atoms with Gasteiger partial charge < -0.3 is 0 Å². The molecule has 0 fully saturated rings. The molecule has 84 valence electrons. The first-order chi connectivity index (χ1) is 7.72. The van der Waals surface area contributed by atoms with Crippen LogP contribution in [0.25, 0.3) is 10.8 Å². The van der Waals surface area contributed by atoms with Crippen LogP contribution >= 0.6 is 0 Å². The maximum atomic E-state index is 2.35. The van der Waals surface area contributed by atoms with E-state index in [-0.39, 0.29) is 0 Å². The molecule has 2 aromatic rings. The molecule has 2 rings (SSSR count). The van der Waals surface area contributed by atoms with Gasteiger partial charge >= 0.3 is 0 Å². The van der Waals surface area contributed by atoms with E-state index in [1.807, 2.05) is 0 Å². The second-order valence-electron chi connectivity index (χ2n) is 4.36. The van der Waals surface area contributed by atoms with E-state index in [9.17, 15) is 0 Å². The largest absolute Gasteiger partial charge is 0.300 e. The number of nitrogens with zero attached hydrogens (tertiary/aromatic N) is 1. The molecule has 16 heavy (non-hydrogen) atoms. The highest BCUT2D eigenvalue weighted by Crippen LogP contribution is 2.23. The third-order valence-corrected chi connectivity index (χ3v) is 3.42. The Morgan fingerprint density at radius 3 is 2.44 bits per heavy atom. The molecule has 0 N–H and O–H groups in total. The smallest absolute Gasteiger partial charge is 0.0316 e. The summed E-state index contributed by atoms with van der Waals surface area (Å²) in [5.41, 5.74) is 1.39. The van der Waals surface area contributed by atoms with E-state index in [2.05, 4.69) is 68.3 Å². The Labute approximate surface area is 97.7 Å². The van der Waals surface area contributed by atoms with Crippen LogP contribution in [0.5, 0.6) is 0 Å². The lowest BCUT2D eigenvalue weighted by Gasteiger charge is -2.23. The average molecular weight is 213 g/mol. The highest BCUT2D eigenvalue weighted by atomic mass is 15.1. The summed E-state index contributed by atoms with van der Waals surface area (Å²) in [6.07, 6.45) is 0. The Balaban J connectivity index is 2.39. The second-order valence-corrected chi connectivity index (χ2v) is 4.36. The lowest BCUT2D eigenvalue weighted by Crippen LogP contribution is -2.21. The molecule has 0 aromatic heterocycles. The van der Waals surface area contributed by atoms with Crippen molar-refractivity contribution in [2.75, 3.05) is 13.6 Å². The van der Waals surface area contributed by atoms with E-state index < -0.39 is 0 Å². The van der Waals surface area contributed by atoms with Crippen molar-refractivity contribution >= 4 is 10.8 Å². The highest BCUT2D eigenvalue weighted by molar-refractivity contribution is 5.83. The Morgan fingerprint density at radius 2 is 1.75 bits per heavy atom. The van der Waals surface area contributed by atoms with Crippen LogP contribution in [-0.4, -0.2) is 18.5 Å². The first-order valence-electron chi connectivity index (χ1n) is 5.91. The molecule has 0 spiro atoms. The van der Waals surface area contributed by atoms with Crippen LogP contribution in [0.3, 0.4) is 0 Å². The molecule has 0 saturated carbocycles. The summed E-state index contributed by atoms with van der Waals surface area (Å²) < 4.78 is 0. The van der Waals surface area contributed by atoms with Gasteiger partial charge in [0.2, 0.25) is 0 Å². The summed E-state index contributed by atoms with van der Waals surface area (Å²) in [4.78, 5) is 2.35. The van der Waals surface area contributed by atoms with Crippen molar-refractivity contribution in [1.29, 1.82) is 0 Å². The molecule has 1 nitrogen and oxygen atoms in total. The quantitative estimate of drug-likeness (QED) is 0.748. The van der Waals surface area contributed by atoms with Gasteiger partial charge in [0.1, 0.15) is 0 Å². The third-order valence-electron chi connectivity index (χ3n) is 3.42. The van der Waals surface area contributed by atoms with E-state index >= 15 is 0 Å². The van der Waals surface area contributed by atoms with Crippen molar-refractivity contribution in [1.82, 2.24) is 4.90 Å². The first kappa shape index (κ1) is 11.2. The van der Waals surface area contributed by atoms with Gasteiger partial charge in [-0.15, -0.1) is 0 Å². The van der Waals surface area contributed by atoms with Gasteiger partial charge in [0.15, 0.2) is 0 Å². The van der Waals surface area contributed by atoms with Gasteiger partial charge in [-0.1, -0.05) is 43.3 Å². The second kappa shape index (κ2) is 4.67. The monoisotopic (exact) mass is 213 g/mol. The van der Waals surface area contributed by atoms with E-state index in [4.69, 9.17) is 0 Å². The normalized spacial score (nSPS) is 13.2. The van der Waals surface area contributed by atoms with E-state index in [1.165, 1.54) is 16.3 Å². The van der Waals surface area contributed by atoms with E-state index in [0.29, 0.717) is 6.04 Å². The fraction of sp³-hybridized carbons (Fsp3) is 0.333. The maximum absolute atomic E-state index is 2.35. The molecule has 0 aliphatic carbocycles. The van der Waals surface area contributed by atoms with Crippen molar-refractivity contribution in [3.05, 3.63) is 48.0 Å². The average Bonchev–Trinajstić information content (AvgIpc) is 2.36. The molecular weight excluding hydrogens is 194 g/mol. The van der Waals surface area contributed by atoms with E-state index in [1.54, 1.807) is 0 Å². The maximum Gasteiger partial charge on any atom is 0.0316 e. The number of benzene rings is 2. The Kier molecular flexibility index (Phi) is 3.25. The Morgan fingerprint density at radius 1 is 1.06 bits per heavy atom. The topological polar surface area (TPSA) is 3.24 Å². The van der Waals surface area contributed by atoms with Crippen LogP contribution in [0.15, 0.2) is 42.5 Å². The van der Waals surface area contributed by atoms with E-state index in [0.717, 1.165) is 6.54 Å². The molecule has 0 bridgehead atoms. The van der Waals surface area contributed by atoms with Gasteiger partial charge in [-0.25, -0.2) is 0 Å². The molecule has 0 aliphatic rings. The summed E-state index contributed by atoms with van der Waals surface area (Å²) >= 11 is 0. The molecular formula is C15H19N. The third kappa shape index (κ3) is 2.10. The van der Waals surface area contributed by atoms with Crippen LogP contribution in [0.1, 0.15) is 25.5 Å². The molecule has 1 atom stereocenters. The van der Waals surface area contributed by atoms with Crippen LogP contribution < -0.4 is 0 Å². The lowest BCUT2D eigenvalue weighted by molar-refractivity contribution is 0.276. The minimum absolute atomic E-state index is 0.481. The predicted molar refractivity (Wildman–Crippen MR) is 70.7 cm³/mol. The number of hydrogen-bond donors (Lipinski definition) is 0. The van der Waals surface area contributed by atoms with Crippen LogP contribution in [-0.2, 0) is 0 Å². The van der Waals surface area contributed by atoms with Gasteiger partial charge in [-0.05, 0) is 42.9 Å². The first-order valence-corrected chi connectivity index (χ1v) is 5.91. The number of hydrogen-bond acceptors (Lipinski definition) is 1. The van der Waals surface area contributed by atoms with Crippen LogP contribution in [0.4, 0.5) is 0 Å². The van der Waals surface area contributed by atoms with Crippen molar-refractivity contribution in [2.45, 2.75) is 19.9 Å². The number of fused-ring (bicyclic) bond motifs is 1.